The van der Waals surface area contributed by atoms with E-state index in [9.17, 15) is 4.79 Å². The van der Waals surface area contributed by atoms with Crippen LogP contribution >= 0.6 is 0 Å². The van der Waals surface area contributed by atoms with E-state index in [0.29, 0.717) is 30.8 Å². The van der Waals surface area contributed by atoms with Crippen LogP contribution in [0.1, 0.15) is 43.7 Å². The largest absolute Gasteiger partial charge is 0.496 e. The predicted octanol–water partition coefficient (Wildman–Crippen LogP) is 5.32. The van der Waals surface area contributed by atoms with Crippen LogP contribution in [0.5, 0.6) is 5.75 Å². The van der Waals surface area contributed by atoms with Gasteiger partial charge in [0.2, 0.25) is 0 Å². The number of ether oxygens (including phenoxy) is 2. The van der Waals surface area contributed by atoms with Gasteiger partial charge in [0.15, 0.2) is 0 Å². The lowest BCUT2D eigenvalue weighted by atomic mass is 9.82. The summed E-state index contributed by atoms with van der Waals surface area (Å²) in [5, 5.41) is 2.00. The molecule has 0 aliphatic heterocycles. The zero-order valence-electron chi connectivity index (χ0n) is 21.0. The summed E-state index contributed by atoms with van der Waals surface area (Å²) in [6, 6.07) is 18.1. The van der Waals surface area contributed by atoms with Gasteiger partial charge in [0.25, 0.3) is 0 Å². The maximum atomic E-state index is 13.5. The number of nitrogens with zero attached hydrogens (tertiary/aromatic N) is 2. The van der Waals surface area contributed by atoms with E-state index < -0.39 is 5.92 Å². The molecular formula is C29H37N3O3. The lowest BCUT2D eigenvalue weighted by Gasteiger charge is -2.33. The number of esters is 1. The van der Waals surface area contributed by atoms with Gasteiger partial charge in [0, 0.05) is 18.8 Å². The van der Waals surface area contributed by atoms with Crippen molar-refractivity contribution in [2.24, 2.45) is 28.7 Å². The number of para-hydroxylation sites is 1. The van der Waals surface area contributed by atoms with E-state index in [1.54, 1.807) is 13.3 Å². The van der Waals surface area contributed by atoms with E-state index >= 15 is 0 Å². The van der Waals surface area contributed by atoms with Crippen molar-refractivity contribution >= 4 is 17.9 Å². The second kappa shape index (κ2) is 12.0. The van der Waals surface area contributed by atoms with Crippen molar-refractivity contribution in [1.82, 2.24) is 10.4 Å². The molecule has 1 N–H and O–H groups in total. The summed E-state index contributed by atoms with van der Waals surface area (Å²) in [5.41, 5.74) is 5.38. The van der Waals surface area contributed by atoms with Gasteiger partial charge in [-0.1, -0.05) is 48.5 Å². The van der Waals surface area contributed by atoms with Crippen LogP contribution < -0.4 is 10.2 Å². The average molecular weight is 476 g/mol. The van der Waals surface area contributed by atoms with E-state index in [-0.39, 0.29) is 11.9 Å². The maximum Gasteiger partial charge on any atom is 0.316 e. The summed E-state index contributed by atoms with van der Waals surface area (Å²) in [6.45, 7) is 2.83. The number of methoxy groups -OCH3 is 1. The molecule has 2 aliphatic carbocycles. The van der Waals surface area contributed by atoms with Gasteiger partial charge in [-0.25, -0.2) is 10.4 Å². The number of rotatable bonds is 12. The first kappa shape index (κ1) is 25.0. The van der Waals surface area contributed by atoms with Gasteiger partial charge in [-0.3, -0.25) is 9.80 Å². The molecule has 0 radical (unpaired) electrons. The fraction of sp³-hybridized carbons (Fsp3) is 0.448. The first-order valence-electron chi connectivity index (χ1n) is 12.7. The van der Waals surface area contributed by atoms with Crippen molar-refractivity contribution in [3.63, 3.8) is 0 Å². The minimum absolute atomic E-state index is 0.172. The molecule has 1 atom stereocenters. The molecule has 2 saturated carbocycles. The highest BCUT2D eigenvalue weighted by Crippen LogP contribution is 2.53. The Balaban J connectivity index is 1.73. The summed E-state index contributed by atoms with van der Waals surface area (Å²) >= 11 is 0. The lowest BCUT2D eigenvalue weighted by Crippen LogP contribution is -2.49. The van der Waals surface area contributed by atoms with Gasteiger partial charge in [-0.05, 0) is 68.1 Å². The molecule has 2 fully saturated rings. The van der Waals surface area contributed by atoms with Crippen molar-refractivity contribution in [3.8, 4) is 5.75 Å². The third-order valence-electron chi connectivity index (χ3n) is 6.87. The molecule has 4 rings (SSSR count). The molecular weight excluding hydrogens is 438 g/mol. The van der Waals surface area contributed by atoms with Crippen molar-refractivity contribution in [2.75, 3.05) is 20.8 Å². The lowest BCUT2D eigenvalue weighted by molar-refractivity contribution is -0.148. The molecule has 35 heavy (non-hydrogen) atoms. The standard InChI is InChI=1S/C29H37N3O3/c1-4-35-29(33)27(26(23-14-15-23)24-16-17-24)28(32(30-2)20-21-10-6-5-7-11-21)31-19-18-22-12-8-9-13-25(22)34-3/h5-13,18-19,23-24,26-27,30H,4,14-17,20H2,1-3H3/b19-18+,31-28?. The molecule has 0 saturated heterocycles. The highest BCUT2D eigenvalue weighted by atomic mass is 16.5. The monoisotopic (exact) mass is 475 g/mol. The van der Waals surface area contributed by atoms with E-state index in [2.05, 4.69) is 17.6 Å². The second-order valence-corrected chi connectivity index (χ2v) is 9.32. The molecule has 0 amide bonds. The zero-order valence-corrected chi connectivity index (χ0v) is 21.0. The third-order valence-corrected chi connectivity index (χ3v) is 6.87. The Bertz CT molecular complexity index is 1020. The van der Waals surface area contributed by atoms with Crippen molar-refractivity contribution in [1.29, 1.82) is 0 Å². The third kappa shape index (κ3) is 6.51. The number of hydrazine groups is 1. The second-order valence-electron chi connectivity index (χ2n) is 9.32. The number of nitrogens with one attached hydrogen (secondary N) is 1. The number of hydrogen-bond donors (Lipinski definition) is 1. The highest BCUT2D eigenvalue weighted by molar-refractivity contribution is 6.01. The van der Waals surface area contributed by atoms with E-state index in [0.717, 1.165) is 16.9 Å². The van der Waals surface area contributed by atoms with Crippen LogP contribution in [-0.2, 0) is 16.1 Å². The van der Waals surface area contributed by atoms with Crippen LogP contribution in [0, 0.1) is 23.7 Å². The normalized spacial score (nSPS) is 17.0. The molecule has 2 aliphatic rings. The number of hydrogen-bond acceptors (Lipinski definition) is 5. The Hall–Kier alpha value is -3.12. The topological polar surface area (TPSA) is 63.2 Å². The first-order chi connectivity index (χ1) is 17.2. The van der Waals surface area contributed by atoms with Crippen molar-refractivity contribution in [3.05, 3.63) is 71.9 Å². The molecule has 0 heterocycles. The van der Waals surface area contributed by atoms with Crippen LogP contribution in [-0.4, -0.2) is 37.6 Å². The number of carbonyl (C=O) groups excluding carboxylic acids is 1. The first-order valence-corrected chi connectivity index (χ1v) is 12.7. The smallest absolute Gasteiger partial charge is 0.316 e. The Morgan fingerprint density at radius 2 is 1.74 bits per heavy atom. The Labute approximate surface area is 209 Å². The van der Waals surface area contributed by atoms with Crippen LogP contribution in [0.25, 0.3) is 6.08 Å². The fourth-order valence-corrected chi connectivity index (χ4v) is 4.91. The van der Waals surface area contributed by atoms with Gasteiger partial charge in [-0.15, -0.1) is 0 Å². The quantitative estimate of drug-likeness (QED) is 0.195. The van der Waals surface area contributed by atoms with Crippen LogP contribution in [0.4, 0.5) is 0 Å². The fourth-order valence-electron chi connectivity index (χ4n) is 4.91. The SMILES string of the molecule is CCOC(=O)C(C(=N/C=C/c1ccccc1OC)N(Cc1ccccc1)NC)C(C1CC1)C1CC1. The van der Waals surface area contributed by atoms with E-state index in [4.69, 9.17) is 14.5 Å². The summed E-state index contributed by atoms with van der Waals surface area (Å²) < 4.78 is 11.1. The molecule has 2 aromatic rings. The molecule has 0 bridgehead atoms. The number of benzene rings is 2. The molecule has 2 aromatic carbocycles. The number of amidine groups is 1. The minimum atomic E-state index is -0.409. The molecule has 6 heteroatoms. The Kier molecular flexibility index (Phi) is 8.59. The van der Waals surface area contributed by atoms with Crippen molar-refractivity contribution < 1.29 is 14.3 Å². The minimum Gasteiger partial charge on any atom is -0.496 e. The highest BCUT2D eigenvalue weighted by Gasteiger charge is 2.51. The van der Waals surface area contributed by atoms with Crippen LogP contribution in [0.15, 0.2) is 65.8 Å². The van der Waals surface area contributed by atoms with E-state index in [1.807, 2.05) is 67.5 Å². The average Bonchev–Trinajstić information content (AvgIpc) is 3.80. The zero-order chi connectivity index (χ0) is 24.6. The number of aliphatic imine (C=N–C) groups is 1. The van der Waals surface area contributed by atoms with Gasteiger partial charge >= 0.3 is 5.97 Å². The summed E-state index contributed by atoms with van der Waals surface area (Å²) in [5.74, 6) is 2.31. The Morgan fingerprint density at radius 1 is 1.09 bits per heavy atom. The van der Waals surface area contributed by atoms with Gasteiger partial charge in [0.05, 0.1) is 20.3 Å². The molecule has 0 spiro atoms. The maximum absolute atomic E-state index is 13.5. The molecule has 0 aromatic heterocycles. The van der Waals surface area contributed by atoms with Crippen LogP contribution in [0.3, 0.4) is 0 Å². The van der Waals surface area contributed by atoms with Gasteiger partial charge < -0.3 is 9.47 Å². The Morgan fingerprint density at radius 3 is 2.34 bits per heavy atom. The summed E-state index contributed by atoms with van der Waals surface area (Å²) in [7, 11) is 3.55. The summed E-state index contributed by atoms with van der Waals surface area (Å²) in [4.78, 5) is 18.4. The van der Waals surface area contributed by atoms with Crippen LogP contribution in [0.2, 0.25) is 0 Å². The van der Waals surface area contributed by atoms with Gasteiger partial charge in [-0.2, -0.15) is 0 Å². The molecule has 6 nitrogen and oxygen atoms in total. The van der Waals surface area contributed by atoms with Crippen molar-refractivity contribution in [2.45, 2.75) is 39.2 Å². The molecule has 1 unspecified atom stereocenters. The predicted molar refractivity (Wildman–Crippen MR) is 140 cm³/mol. The van der Waals surface area contributed by atoms with E-state index in [1.165, 1.54) is 25.7 Å². The number of carbonyl (C=O) groups is 1. The van der Waals surface area contributed by atoms with Gasteiger partial charge in [0.1, 0.15) is 17.5 Å². The molecule has 186 valence electrons. The summed E-state index contributed by atoms with van der Waals surface area (Å²) in [6.07, 6.45) is 8.44.